The summed E-state index contributed by atoms with van der Waals surface area (Å²) in [6, 6.07) is 14.4. The highest BCUT2D eigenvalue weighted by Crippen LogP contribution is 2.17. The van der Waals surface area contributed by atoms with Crippen molar-refractivity contribution in [1.82, 2.24) is 9.97 Å². The summed E-state index contributed by atoms with van der Waals surface area (Å²) in [5, 5.41) is 0. The Bertz CT molecular complexity index is 728. The van der Waals surface area contributed by atoms with Gasteiger partial charge in [-0.25, -0.2) is 4.98 Å². The van der Waals surface area contributed by atoms with Crippen LogP contribution in [0.3, 0.4) is 0 Å². The molecule has 0 bridgehead atoms. The largest absolute Gasteiger partial charge is 0.399 e. The van der Waals surface area contributed by atoms with Crippen molar-refractivity contribution in [3.63, 3.8) is 0 Å². The number of anilines is 1. The average Bonchev–Trinajstić information content (AvgIpc) is 2.88. The zero-order valence-corrected chi connectivity index (χ0v) is 11.7. The van der Waals surface area contributed by atoms with E-state index in [1.165, 1.54) is 11.1 Å². The number of hydrogen-bond donors (Lipinski definition) is 2. The van der Waals surface area contributed by atoms with Crippen LogP contribution in [-0.4, -0.2) is 9.97 Å². The molecule has 0 spiro atoms. The number of rotatable bonds is 4. The van der Waals surface area contributed by atoms with Crippen molar-refractivity contribution in [3.8, 4) is 0 Å². The fourth-order valence-corrected chi connectivity index (χ4v) is 2.46. The molecule has 102 valence electrons. The van der Waals surface area contributed by atoms with Crippen LogP contribution in [0, 0.1) is 0 Å². The van der Waals surface area contributed by atoms with Crippen LogP contribution in [0.5, 0.6) is 0 Å². The number of hydrogen-bond acceptors (Lipinski definition) is 2. The minimum Gasteiger partial charge on any atom is -0.399 e. The molecule has 0 aliphatic heterocycles. The molecule has 0 saturated carbocycles. The minimum atomic E-state index is 0.858. The molecular weight excluding hydrogens is 246 g/mol. The number of aromatic amines is 1. The van der Waals surface area contributed by atoms with Crippen LogP contribution in [-0.2, 0) is 19.3 Å². The van der Waals surface area contributed by atoms with Gasteiger partial charge in [0.1, 0.15) is 5.82 Å². The van der Waals surface area contributed by atoms with Gasteiger partial charge in [-0.05, 0) is 42.2 Å². The maximum Gasteiger partial charge on any atom is 0.107 e. The highest BCUT2D eigenvalue weighted by atomic mass is 14.9. The first kappa shape index (κ1) is 12.7. The second-order valence-corrected chi connectivity index (χ2v) is 5.09. The van der Waals surface area contributed by atoms with Crippen molar-refractivity contribution >= 4 is 16.7 Å². The van der Waals surface area contributed by atoms with E-state index >= 15 is 0 Å². The summed E-state index contributed by atoms with van der Waals surface area (Å²) in [6.45, 7) is 2.16. The molecule has 0 aliphatic carbocycles. The third-order valence-electron chi connectivity index (χ3n) is 3.69. The van der Waals surface area contributed by atoms with Crippen molar-refractivity contribution < 1.29 is 0 Å². The van der Waals surface area contributed by atoms with Crippen LogP contribution in [0.1, 0.15) is 23.9 Å². The third-order valence-corrected chi connectivity index (χ3v) is 3.69. The number of nitrogen functional groups attached to an aromatic ring is 1. The first-order valence-corrected chi connectivity index (χ1v) is 7.07. The predicted molar refractivity (Wildman–Crippen MR) is 83.7 cm³/mol. The molecule has 0 aliphatic rings. The Hall–Kier alpha value is -2.29. The van der Waals surface area contributed by atoms with E-state index in [2.05, 4.69) is 41.2 Å². The van der Waals surface area contributed by atoms with E-state index in [-0.39, 0.29) is 0 Å². The smallest absolute Gasteiger partial charge is 0.107 e. The Kier molecular flexibility index (Phi) is 3.42. The predicted octanol–water partition coefficient (Wildman–Crippen LogP) is 3.49. The highest BCUT2D eigenvalue weighted by Gasteiger charge is 2.05. The van der Waals surface area contributed by atoms with Crippen LogP contribution < -0.4 is 5.73 Å². The quantitative estimate of drug-likeness (QED) is 0.709. The number of imidazole rings is 1. The summed E-state index contributed by atoms with van der Waals surface area (Å²) in [7, 11) is 0. The van der Waals surface area contributed by atoms with Gasteiger partial charge in [0.15, 0.2) is 0 Å². The van der Waals surface area contributed by atoms with Gasteiger partial charge in [0.05, 0.1) is 11.0 Å². The topological polar surface area (TPSA) is 54.7 Å². The van der Waals surface area contributed by atoms with Gasteiger partial charge in [0, 0.05) is 12.1 Å². The van der Waals surface area contributed by atoms with Crippen LogP contribution in [0.25, 0.3) is 11.0 Å². The number of aryl methyl sites for hydroxylation is 3. The normalized spacial score (nSPS) is 11.1. The number of nitrogens with one attached hydrogen (secondary N) is 1. The lowest BCUT2D eigenvalue weighted by molar-refractivity contribution is 0.892. The Morgan fingerprint density at radius 3 is 2.75 bits per heavy atom. The van der Waals surface area contributed by atoms with E-state index in [9.17, 15) is 0 Å². The number of benzene rings is 2. The van der Waals surface area contributed by atoms with Crippen molar-refractivity contribution in [3.05, 3.63) is 59.4 Å². The van der Waals surface area contributed by atoms with E-state index in [1.807, 2.05) is 18.2 Å². The molecule has 0 amide bonds. The fourth-order valence-electron chi connectivity index (χ4n) is 2.46. The van der Waals surface area contributed by atoms with Gasteiger partial charge in [0.25, 0.3) is 0 Å². The second-order valence-electron chi connectivity index (χ2n) is 5.09. The highest BCUT2D eigenvalue weighted by molar-refractivity contribution is 5.75. The van der Waals surface area contributed by atoms with Gasteiger partial charge in [-0.3, -0.25) is 0 Å². The zero-order chi connectivity index (χ0) is 13.9. The monoisotopic (exact) mass is 265 g/mol. The third kappa shape index (κ3) is 2.52. The van der Waals surface area contributed by atoms with Crippen LogP contribution >= 0.6 is 0 Å². The molecule has 0 saturated heterocycles. The molecule has 2 aromatic carbocycles. The Balaban J connectivity index is 1.79. The molecule has 3 aromatic rings. The summed E-state index contributed by atoms with van der Waals surface area (Å²) >= 11 is 0. The first-order chi connectivity index (χ1) is 9.76. The zero-order valence-electron chi connectivity index (χ0n) is 11.7. The lowest BCUT2D eigenvalue weighted by Gasteiger charge is -2.03. The number of H-pyrrole nitrogens is 1. The van der Waals surface area contributed by atoms with Crippen molar-refractivity contribution in [2.45, 2.75) is 26.2 Å². The first-order valence-electron chi connectivity index (χ1n) is 7.07. The molecule has 3 nitrogen and oxygen atoms in total. The number of nitrogens with two attached hydrogens (primary N) is 1. The lowest BCUT2D eigenvalue weighted by atomic mass is 10.1. The van der Waals surface area contributed by atoms with E-state index in [1.54, 1.807) is 0 Å². The summed E-state index contributed by atoms with van der Waals surface area (Å²) in [5.74, 6) is 1.02. The molecule has 0 atom stereocenters. The number of aromatic nitrogens is 2. The van der Waals surface area contributed by atoms with Crippen LogP contribution in [0.2, 0.25) is 0 Å². The lowest BCUT2D eigenvalue weighted by Crippen LogP contribution is -1.97. The number of para-hydroxylation sites is 1. The van der Waals surface area contributed by atoms with Gasteiger partial charge in [-0.2, -0.15) is 0 Å². The van der Waals surface area contributed by atoms with E-state index in [0.717, 1.165) is 41.8 Å². The summed E-state index contributed by atoms with van der Waals surface area (Å²) in [4.78, 5) is 8.04. The van der Waals surface area contributed by atoms with Crippen molar-refractivity contribution in [2.24, 2.45) is 0 Å². The summed E-state index contributed by atoms with van der Waals surface area (Å²) in [5.41, 5.74) is 11.5. The van der Waals surface area contributed by atoms with E-state index < -0.39 is 0 Å². The van der Waals surface area contributed by atoms with Crippen molar-refractivity contribution in [2.75, 3.05) is 5.73 Å². The van der Waals surface area contributed by atoms with Crippen LogP contribution in [0.15, 0.2) is 42.5 Å². The molecule has 1 heterocycles. The van der Waals surface area contributed by atoms with Gasteiger partial charge in [-0.1, -0.05) is 31.2 Å². The minimum absolute atomic E-state index is 0.858. The summed E-state index contributed by atoms with van der Waals surface area (Å²) in [6.07, 6.45) is 2.84. The van der Waals surface area contributed by atoms with Gasteiger partial charge >= 0.3 is 0 Å². The SMILES string of the molecule is CCc1ccc2nc(CCc3ccccc3N)[nH]c2c1. The van der Waals surface area contributed by atoms with E-state index in [4.69, 9.17) is 5.73 Å². The molecule has 3 rings (SSSR count). The summed E-state index contributed by atoms with van der Waals surface area (Å²) < 4.78 is 0. The van der Waals surface area contributed by atoms with Crippen molar-refractivity contribution in [1.29, 1.82) is 0 Å². The maximum atomic E-state index is 5.97. The molecule has 20 heavy (non-hydrogen) atoms. The number of nitrogens with zero attached hydrogens (tertiary/aromatic N) is 1. The molecule has 0 radical (unpaired) electrons. The standard InChI is InChI=1S/C17H19N3/c1-2-12-7-9-15-16(11-12)20-17(19-15)10-8-13-5-3-4-6-14(13)18/h3-7,9,11H,2,8,10,18H2,1H3,(H,19,20). The molecular formula is C17H19N3. The van der Waals surface area contributed by atoms with E-state index in [0.29, 0.717) is 0 Å². The molecule has 0 fully saturated rings. The molecule has 3 heteroatoms. The average molecular weight is 265 g/mol. The molecule has 3 N–H and O–H groups in total. The van der Waals surface area contributed by atoms with Gasteiger partial charge in [-0.15, -0.1) is 0 Å². The second kappa shape index (κ2) is 5.37. The Morgan fingerprint density at radius 1 is 1.10 bits per heavy atom. The van der Waals surface area contributed by atoms with Gasteiger partial charge < -0.3 is 10.7 Å². The van der Waals surface area contributed by atoms with Gasteiger partial charge in [0.2, 0.25) is 0 Å². The molecule has 1 aromatic heterocycles. The fraction of sp³-hybridized carbons (Fsp3) is 0.235. The maximum absolute atomic E-state index is 5.97. The number of fused-ring (bicyclic) bond motifs is 1. The van der Waals surface area contributed by atoms with Crippen LogP contribution in [0.4, 0.5) is 5.69 Å². The Morgan fingerprint density at radius 2 is 1.95 bits per heavy atom. The molecule has 0 unspecified atom stereocenters. The Labute approximate surface area is 118 Å².